The van der Waals surface area contributed by atoms with E-state index in [1.54, 1.807) is 19.1 Å². The lowest BCUT2D eigenvalue weighted by Gasteiger charge is -2.20. The van der Waals surface area contributed by atoms with Crippen molar-refractivity contribution in [2.75, 3.05) is 23.7 Å². The smallest absolute Gasteiger partial charge is 0.323 e. The lowest BCUT2D eigenvalue weighted by atomic mass is 10.2. The van der Waals surface area contributed by atoms with Gasteiger partial charge in [-0.2, -0.15) is 8.42 Å². The average Bonchev–Trinajstić information content (AvgIpc) is 3.70. The van der Waals surface area contributed by atoms with Crippen LogP contribution in [0.4, 0.5) is 5.69 Å². The lowest BCUT2D eigenvalue weighted by Crippen LogP contribution is -2.35. The number of hydrogen-bond acceptors (Lipinski definition) is 14. The highest BCUT2D eigenvalue weighted by molar-refractivity contribution is 8.30. The Morgan fingerprint density at radius 2 is 1.48 bits per heavy atom. The summed E-state index contributed by atoms with van der Waals surface area (Å²) >= 11 is 8.60. The minimum absolute atomic E-state index is 0.0510. The van der Waals surface area contributed by atoms with Gasteiger partial charge in [0.2, 0.25) is 0 Å². The van der Waals surface area contributed by atoms with Crippen molar-refractivity contribution < 1.29 is 47.5 Å². The molecule has 0 radical (unpaired) electrons. The van der Waals surface area contributed by atoms with Crippen LogP contribution in [0.3, 0.4) is 0 Å². The fourth-order valence-corrected chi connectivity index (χ4v) is 10.4. The number of fused-ring (bicyclic) bond motifs is 1. The topological polar surface area (TPSA) is 234 Å². The zero-order valence-electron chi connectivity index (χ0n) is 25.4. The van der Waals surface area contributed by atoms with Gasteiger partial charge in [-0.3, -0.25) is 47.4 Å². The molecule has 1 saturated heterocycles. The molecule has 1 amide bonds. The van der Waals surface area contributed by atoms with Crippen LogP contribution in [0.25, 0.3) is 10.5 Å². The van der Waals surface area contributed by atoms with Crippen LogP contribution in [0.2, 0.25) is 0 Å². The molecule has 264 valence electrons. The molecule has 0 unspecified atom stereocenters. The number of thioether (sulfide) groups is 2. The molecule has 1 fully saturated rings. The molecule has 0 aliphatic carbocycles. The van der Waals surface area contributed by atoms with Crippen molar-refractivity contribution in [1.82, 2.24) is 14.0 Å². The molecule has 3 aromatic rings. The normalized spacial score (nSPS) is 17.8. The summed E-state index contributed by atoms with van der Waals surface area (Å²) in [7, 11) is -4.21. The van der Waals surface area contributed by atoms with E-state index in [1.807, 2.05) is 23.1 Å². The predicted molar refractivity (Wildman–Crippen MR) is 190 cm³/mol. The quantitative estimate of drug-likeness (QED) is 0.153. The predicted octanol–water partition coefficient (Wildman–Crippen LogP) is 0.544. The number of anilines is 1. The van der Waals surface area contributed by atoms with Crippen molar-refractivity contribution in [3.63, 3.8) is 0 Å². The molecule has 2 aliphatic heterocycles. The number of nitrogens with zero attached hydrogens (tertiary/aromatic N) is 4. The van der Waals surface area contributed by atoms with Crippen molar-refractivity contribution in [3.8, 4) is 0 Å². The fraction of sp³-hybridized carbons (Fsp3) is 0.250. The number of thiocarbonyl (C=S) groups is 1. The highest BCUT2D eigenvalue weighted by atomic mass is 32.2. The number of hydrogen-bond donors (Lipinski definition) is 4. The van der Waals surface area contributed by atoms with Crippen LogP contribution in [0.15, 0.2) is 49.9 Å². The van der Waals surface area contributed by atoms with Crippen LogP contribution in [-0.2, 0) is 42.4 Å². The number of rotatable bonds is 11. The van der Waals surface area contributed by atoms with E-state index in [0.29, 0.717) is 33.7 Å². The molecule has 22 heteroatoms. The number of aliphatic carboxylic acids is 3. The third-order valence-corrected chi connectivity index (χ3v) is 13.1. The zero-order valence-corrected chi connectivity index (χ0v) is 30.3. The summed E-state index contributed by atoms with van der Waals surface area (Å²) in [4.78, 5) is 78.9. The highest BCUT2D eigenvalue weighted by Crippen LogP contribution is 2.46. The number of benzene rings is 1. The molecule has 0 saturated carbocycles. The second kappa shape index (κ2) is 14.7. The molecular weight excluding hydrogens is 777 g/mol. The Morgan fingerprint density at radius 3 is 2.10 bits per heavy atom. The van der Waals surface area contributed by atoms with Gasteiger partial charge in [-0.15, -0.1) is 22.7 Å². The van der Waals surface area contributed by atoms with Gasteiger partial charge in [0.05, 0.1) is 21.0 Å². The van der Waals surface area contributed by atoms with E-state index in [-0.39, 0.29) is 40.6 Å². The van der Waals surface area contributed by atoms with Crippen molar-refractivity contribution in [1.29, 1.82) is 0 Å². The fourth-order valence-electron chi connectivity index (χ4n) is 4.95. The highest BCUT2D eigenvalue weighted by Gasteiger charge is 2.35. The Labute approximate surface area is 302 Å². The molecule has 4 N–H and O–H groups in total. The third kappa shape index (κ3) is 7.80. The van der Waals surface area contributed by atoms with Crippen LogP contribution in [0.1, 0.15) is 13.3 Å². The molecule has 0 bridgehead atoms. The standard InChI is InChI=1S/C28H24N4O12S6/c1-13(9-16-29(7-4-8-50(42,43)44)14-5-2-3-6-15(14)46-16)20-23(39)30(10-17(33)34)26(47-20)21-24(40)31(11-18(35)36)27(48-21)22-25(41)32(12-19(37)38)28(45)49-22/h2-3,5-6,9H,4,7-8,10-12H2,1H3,(H,33,34)(H,35,36)(H,37,38)(H,42,43,44)/b16-9?,20-13?,26-21+,27-22+. The third-order valence-electron chi connectivity index (χ3n) is 7.00. The first-order chi connectivity index (χ1) is 23.5. The van der Waals surface area contributed by atoms with E-state index in [0.717, 1.165) is 36.0 Å². The Hall–Kier alpha value is -4.06. The molecule has 0 atom stereocenters. The zero-order chi connectivity index (χ0) is 36.7. The maximum absolute atomic E-state index is 13.8. The summed E-state index contributed by atoms with van der Waals surface area (Å²) in [6, 6.07) is 7.29. The van der Waals surface area contributed by atoms with E-state index in [4.69, 9.17) is 12.2 Å². The molecule has 0 spiro atoms. The summed E-state index contributed by atoms with van der Waals surface area (Å²) in [5.74, 6) is -5.55. The van der Waals surface area contributed by atoms with Gasteiger partial charge in [0.1, 0.15) is 42.7 Å². The maximum atomic E-state index is 13.8. The summed E-state index contributed by atoms with van der Waals surface area (Å²) in [6.07, 6.45) is 1.74. The Bertz CT molecular complexity index is 2480. The summed E-state index contributed by atoms with van der Waals surface area (Å²) in [6.45, 7) is -0.737. The molecule has 50 heavy (non-hydrogen) atoms. The number of allylic oxidation sites excluding steroid dienone is 1. The maximum Gasteiger partial charge on any atom is 0.323 e. The SMILES string of the molecule is CC(C=C1Sc2ccccc2N1CCCS(=O)(=O)O)=c1s/c(=c2/s/c(=C3/SC(=S)N(CC(=O)O)C3=O)n(CC(=O)O)c2=O)n(CC(=O)O)c1=O. The first-order valence-corrected chi connectivity index (χ1v) is 19.3. The van der Waals surface area contributed by atoms with E-state index >= 15 is 0 Å². The first-order valence-electron chi connectivity index (χ1n) is 14.1. The molecule has 2 aromatic heterocycles. The number of carbonyl (C=O) groups is 4. The summed E-state index contributed by atoms with van der Waals surface area (Å²) in [5, 5.41) is 29.1. The van der Waals surface area contributed by atoms with Crippen molar-refractivity contribution in [2.45, 2.75) is 31.3 Å². The van der Waals surface area contributed by atoms with Gasteiger partial charge in [-0.1, -0.05) is 47.9 Å². The number of aromatic nitrogens is 2. The van der Waals surface area contributed by atoms with Crippen LogP contribution in [0.5, 0.6) is 0 Å². The average molecular weight is 801 g/mol. The number of amides is 1. The second-order valence-corrected chi connectivity index (χ2v) is 16.8. The van der Waals surface area contributed by atoms with Gasteiger partial charge in [0, 0.05) is 11.4 Å². The molecule has 4 heterocycles. The van der Waals surface area contributed by atoms with Gasteiger partial charge in [0.15, 0.2) is 0 Å². The number of carbonyl (C=O) groups excluding carboxylic acids is 1. The van der Waals surface area contributed by atoms with E-state index < -0.39 is 70.4 Å². The van der Waals surface area contributed by atoms with Gasteiger partial charge in [-0.25, -0.2) is 0 Å². The molecular formula is C28H24N4O12S6. The number of carboxylic acid groups (broad SMARTS) is 3. The van der Waals surface area contributed by atoms with Crippen molar-refractivity contribution >= 4 is 113 Å². The van der Waals surface area contributed by atoms with Crippen LogP contribution in [0, 0.1) is 9.20 Å². The minimum Gasteiger partial charge on any atom is -0.480 e. The Morgan fingerprint density at radius 1 is 0.860 bits per heavy atom. The molecule has 1 aromatic carbocycles. The largest absolute Gasteiger partial charge is 0.480 e. The minimum atomic E-state index is -4.21. The summed E-state index contributed by atoms with van der Waals surface area (Å²) in [5.41, 5.74) is -0.545. The van der Waals surface area contributed by atoms with Crippen molar-refractivity contribution in [3.05, 3.63) is 74.5 Å². The number of para-hydroxylation sites is 1. The summed E-state index contributed by atoms with van der Waals surface area (Å²) < 4.78 is 33.0. The van der Waals surface area contributed by atoms with Gasteiger partial charge in [0.25, 0.3) is 27.1 Å². The number of carboxylic acids is 3. The molecule has 2 aliphatic rings. The lowest BCUT2D eigenvalue weighted by molar-refractivity contribution is -0.140. The van der Waals surface area contributed by atoms with E-state index in [1.165, 1.54) is 11.8 Å². The van der Waals surface area contributed by atoms with Gasteiger partial charge < -0.3 is 20.2 Å². The van der Waals surface area contributed by atoms with E-state index in [9.17, 15) is 57.1 Å². The monoisotopic (exact) mass is 800 g/mol. The van der Waals surface area contributed by atoms with Crippen LogP contribution in [-0.4, -0.2) is 89.3 Å². The van der Waals surface area contributed by atoms with E-state index in [2.05, 4.69) is 0 Å². The Balaban J connectivity index is 1.76. The second-order valence-electron chi connectivity index (χ2n) is 10.6. The van der Waals surface area contributed by atoms with Gasteiger partial charge >= 0.3 is 17.9 Å². The van der Waals surface area contributed by atoms with Crippen LogP contribution >= 0.6 is 58.4 Å². The molecule has 16 nitrogen and oxygen atoms in total. The van der Waals surface area contributed by atoms with Crippen LogP contribution < -0.4 is 25.2 Å². The molecule has 5 rings (SSSR count). The van der Waals surface area contributed by atoms with Crippen molar-refractivity contribution in [2.24, 2.45) is 0 Å². The Kier molecular flexibility index (Phi) is 10.9. The number of thiazole rings is 2. The first kappa shape index (κ1) is 37.2. The van der Waals surface area contributed by atoms with Gasteiger partial charge in [-0.05, 0) is 37.1 Å².